The molecule has 12 heavy (non-hydrogen) atoms. The first kappa shape index (κ1) is 10.5. The van der Waals surface area contributed by atoms with Crippen LogP contribution in [0.2, 0.25) is 0 Å². The molecule has 0 saturated carbocycles. The van der Waals surface area contributed by atoms with Crippen LogP contribution in [-0.4, -0.2) is 46.9 Å². The summed E-state index contributed by atoms with van der Waals surface area (Å²) < 4.78 is 38.6. The van der Waals surface area contributed by atoms with Gasteiger partial charge < -0.3 is 0 Å². The van der Waals surface area contributed by atoms with E-state index in [0.717, 1.165) is 0 Å². The van der Waals surface area contributed by atoms with E-state index in [-0.39, 0.29) is 6.54 Å². The Morgan fingerprint density at radius 1 is 1.33 bits per heavy atom. The standard InChI is InChI=1S/C6H10F3IN2/c1-11-2-3-12(10)4-5(11)6(7,8)9/h5H,2-4H2,1H3. The van der Waals surface area contributed by atoms with Crippen LogP contribution in [0.3, 0.4) is 0 Å². The van der Waals surface area contributed by atoms with Crippen LogP contribution >= 0.6 is 22.9 Å². The molecule has 1 unspecified atom stereocenters. The lowest BCUT2D eigenvalue weighted by Gasteiger charge is -2.37. The predicted molar refractivity (Wildman–Crippen MR) is 48.1 cm³/mol. The Morgan fingerprint density at radius 3 is 2.33 bits per heavy atom. The normalized spacial score (nSPS) is 29.2. The molecule has 1 aliphatic heterocycles. The molecule has 6 heteroatoms. The minimum atomic E-state index is -4.10. The third kappa shape index (κ3) is 2.46. The van der Waals surface area contributed by atoms with Crippen LogP contribution in [0, 0.1) is 0 Å². The zero-order chi connectivity index (χ0) is 9.35. The van der Waals surface area contributed by atoms with Crippen molar-refractivity contribution in [1.29, 1.82) is 0 Å². The molecule has 0 aromatic carbocycles. The fraction of sp³-hybridized carbons (Fsp3) is 1.00. The molecule has 1 rings (SSSR count). The molecule has 0 amide bonds. The van der Waals surface area contributed by atoms with Crippen molar-refractivity contribution in [2.45, 2.75) is 12.2 Å². The lowest BCUT2D eigenvalue weighted by Crippen LogP contribution is -2.55. The summed E-state index contributed by atoms with van der Waals surface area (Å²) in [7, 11) is 1.52. The van der Waals surface area contributed by atoms with Crippen LogP contribution in [0.5, 0.6) is 0 Å². The van der Waals surface area contributed by atoms with Crippen molar-refractivity contribution in [1.82, 2.24) is 8.01 Å². The van der Waals surface area contributed by atoms with E-state index in [0.29, 0.717) is 13.1 Å². The van der Waals surface area contributed by atoms with Gasteiger partial charge in [-0.1, -0.05) is 0 Å². The van der Waals surface area contributed by atoms with Gasteiger partial charge in [0, 0.05) is 42.5 Å². The van der Waals surface area contributed by atoms with E-state index in [9.17, 15) is 13.2 Å². The van der Waals surface area contributed by atoms with E-state index in [1.54, 1.807) is 3.11 Å². The molecule has 1 atom stereocenters. The number of hydrogen-bond acceptors (Lipinski definition) is 2. The summed E-state index contributed by atoms with van der Waals surface area (Å²) in [4.78, 5) is 1.36. The van der Waals surface area contributed by atoms with Crippen LogP contribution in [0.4, 0.5) is 13.2 Å². The zero-order valence-electron chi connectivity index (χ0n) is 6.60. The zero-order valence-corrected chi connectivity index (χ0v) is 8.76. The van der Waals surface area contributed by atoms with Crippen LogP contribution in [0.1, 0.15) is 0 Å². The average molecular weight is 294 g/mol. The van der Waals surface area contributed by atoms with Gasteiger partial charge in [0.1, 0.15) is 6.04 Å². The van der Waals surface area contributed by atoms with E-state index in [2.05, 4.69) is 0 Å². The van der Waals surface area contributed by atoms with E-state index in [1.165, 1.54) is 11.9 Å². The van der Waals surface area contributed by atoms with Gasteiger partial charge in [-0.05, 0) is 7.05 Å². The smallest absolute Gasteiger partial charge is 0.293 e. The molecule has 0 aromatic rings. The first-order valence-corrected chi connectivity index (χ1v) is 4.55. The number of piperazine rings is 1. The van der Waals surface area contributed by atoms with Crippen molar-refractivity contribution in [2.75, 3.05) is 26.7 Å². The van der Waals surface area contributed by atoms with E-state index < -0.39 is 12.2 Å². The second-order valence-electron chi connectivity index (χ2n) is 2.91. The maximum Gasteiger partial charge on any atom is 0.405 e. The fourth-order valence-corrected chi connectivity index (χ4v) is 1.78. The monoisotopic (exact) mass is 294 g/mol. The van der Waals surface area contributed by atoms with Crippen LogP contribution < -0.4 is 0 Å². The van der Waals surface area contributed by atoms with E-state index in [4.69, 9.17) is 0 Å². The molecule has 0 spiro atoms. The lowest BCUT2D eigenvalue weighted by molar-refractivity contribution is -0.187. The number of rotatable bonds is 0. The quantitative estimate of drug-likeness (QED) is 0.494. The summed E-state index contributed by atoms with van der Waals surface area (Å²) in [6.45, 7) is 1.25. The van der Waals surface area contributed by atoms with E-state index >= 15 is 0 Å². The number of hydrogen-bond donors (Lipinski definition) is 0. The summed E-state index contributed by atoms with van der Waals surface area (Å²) >= 11 is 1.93. The highest BCUT2D eigenvalue weighted by Crippen LogP contribution is 2.27. The van der Waals surface area contributed by atoms with Gasteiger partial charge in [0.15, 0.2) is 0 Å². The molecular formula is C6H10F3IN2. The molecule has 0 bridgehead atoms. The molecule has 72 valence electrons. The maximum atomic E-state index is 12.3. The molecule has 1 fully saturated rings. The van der Waals surface area contributed by atoms with Crippen LogP contribution in [0.15, 0.2) is 0 Å². The first-order valence-electron chi connectivity index (χ1n) is 3.59. The second-order valence-corrected chi connectivity index (χ2v) is 4.27. The van der Waals surface area contributed by atoms with Gasteiger partial charge in [0.25, 0.3) is 0 Å². The molecule has 1 saturated heterocycles. The third-order valence-corrected chi connectivity index (χ3v) is 2.85. The summed E-state index contributed by atoms with van der Waals surface area (Å²) in [5.74, 6) is 0. The van der Waals surface area contributed by atoms with Crippen molar-refractivity contribution < 1.29 is 13.2 Å². The predicted octanol–water partition coefficient (Wildman–Crippen LogP) is 1.51. The van der Waals surface area contributed by atoms with Gasteiger partial charge in [-0.15, -0.1) is 0 Å². The molecule has 2 nitrogen and oxygen atoms in total. The summed E-state index contributed by atoms with van der Waals surface area (Å²) in [6, 6.07) is -1.30. The van der Waals surface area contributed by atoms with Gasteiger partial charge in [0.05, 0.1) is 0 Å². The Bertz CT molecular complexity index is 161. The van der Waals surface area contributed by atoms with Crippen molar-refractivity contribution in [3.05, 3.63) is 0 Å². The van der Waals surface area contributed by atoms with Gasteiger partial charge in [-0.25, -0.2) is 3.11 Å². The molecule has 0 radical (unpaired) electrons. The summed E-state index contributed by atoms with van der Waals surface area (Å²) in [5.41, 5.74) is 0. The average Bonchev–Trinajstić information content (AvgIpc) is 1.92. The van der Waals surface area contributed by atoms with Crippen molar-refractivity contribution in [2.24, 2.45) is 0 Å². The number of alkyl halides is 3. The minimum Gasteiger partial charge on any atom is -0.293 e. The molecular weight excluding hydrogens is 284 g/mol. The highest BCUT2D eigenvalue weighted by molar-refractivity contribution is 14.1. The Kier molecular flexibility index (Phi) is 3.21. The van der Waals surface area contributed by atoms with Crippen molar-refractivity contribution in [3.63, 3.8) is 0 Å². The van der Waals surface area contributed by atoms with E-state index in [1.807, 2.05) is 22.9 Å². The first-order chi connectivity index (χ1) is 5.41. The Morgan fingerprint density at radius 2 is 1.92 bits per heavy atom. The lowest BCUT2D eigenvalue weighted by atomic mass is 10.2. The highest BCUT2D eigenvalue weighted by atomic mass is 127. The summed E-state index contributed by atoms with van der Waals surface area (Å²) in [5, 5.41) is 0. The fourth-order valence-electron chi connectivity index (χ4n) is 1.19. The van der Waals surface area contributed by atoms with Crippen LogP contribution in [0.25, 0.3) is 0 Å². The Labute approximate surface area is 83.2 Å². The Hall–Kier alpha value is 0.440. The topological polar surface area (TPSA) is 6.48 Å². The number of nitrogens with zero attached hydrogens (tertiary/aromatic N) is 2. The molecule has 0 aliphatic carbocycles. The molecule has 1 heterocycles. The van der Waals surface area contributed by atoms with Crippen LogP contribution in [-0.2, 0) is 0 Å². The molecule has 1 aliphatic rings. The van der Waals surface area contributed by atoms with Gasteiger partial charge in [-0.2, -0.15) is 13.2 Å². The number of likely N-dealkylation sites (N-methyl/N-ethyl adjacent to an activating group) is 1. The van der Waals surface area contributed by atoms with Gasteiger partial charge in [0.2, 0.25) is 0 Å². The second kappa shape index (κ2) is 3.67. The highest BCUT2D eigenvalue weighted by Gasteiger charge is 2.44. The van der Waals surface area contributed by atoms with Gasteiger partial charge >= 0.3 is 6.18 Å². The maximum absolute atomic E-state index is 12.3. The largest absolute Gasteiger partial charge is 0.405 e. The van der Waals surface area contributed by atoms with Crippen molar-refractivity contribution in [3.8, 4) is 0 Å². The Balaban J connectivity index is 2.61. The number of halogens is 4. The van der Waals surface area contributed by atoms with Crippen molar-refractivity contribution >= 4 is 22.9 Å². The molecule has 0 aromatic heterocycles. The summed E-state index contributed by atoms with van der Waals surface area (Å²) in [6.07, 6.45) is -4.10. The molecule has 0 N–H and O–H groups in total. The third-order valence-electron chi connectivity index (χ3n) is 1.98. The SMILES string of the molecule is CN1CCN(I)CC1C(F)(F)F. The van der Waals surface area contributed by atoms with Gasteiger partial charge in [-0.3, -0.25) is 4.90 Å². The minimum absolute atomic E-state index is 0.0700.